The fourth-order valence-corrected chi connectivity index (χ4v) is 4.92. The van der Waals surface area contributed by atoms with Crippen molar-refractivity contribution in [1.29, 1.82) is 0 Å². The molecular formula is C26H20FN3O3. The molecule has 0 spiro atoms. The van der Waals surface area contributed by atoms with Crippen LogP contribution in [0.3, 0.4) is 0 Å². The first kappa shape index (κ1) is 19.5. The van der Waals surface area contributed by atoms with E-state index in [1.54, 1.807) is 47.4 Å². The molecule has 3 heterocycles. The van der Waals surface area contributed by atoms with Crippen molar-refractivity contribution in [2.75, 3.05) is 6.54 Å². The molecule has 7 heteroatoms. The minimum absolute atomic E-state index is 0.184. The third-order valence-corrected chi connectivity index (χ3v) is 6.42. The average Bonchev–Trinajstić information content (AvgIpc) is 3.36. The minimum Gasteiger partial charge on any atom is -0.408 e. The lowest BCUT2D eigenvalue weighted by atomic mass is 9.92. The number of carbonyl (C=O) groups is 1. The predicted octanol–water partition coefficient (Wildman–Crippen LogP) is 4.39. The molecule has 0 fully saturated rings. The molecule has 1 amide bonds. The molecule has 0 radical (unpaired) electrons. The van der Waals surface area contributed by atoms with Gasteiger partial charge < -0.3 is 14.3 Å². The smallest absolute Gasteiger partial charge is 0.408 e. The van der Waals surface area contributed by atoms with Crippen molar-refractivity contribution in [2.24, 2.45) is 0 Å². The van der Waals surface area contributed by atoms with E-state index in [1.165, 1.54) is 10.6 Å². The molecule has 1 aliphatic heterocycles. The Morgan fingerprint density at radius 1 is 1.03 bits per heavy atom. The Hall–Kier alpha value is -4.13. The molecule has 3 aromatic carbocycles. The van der Waals surface area contributed by atoms with E-state index >= 15 is 0 Å². The molecule has 33 heavy (non-hydrogen) atoms. The molecule has 0 saturated heterocycles. The molecule has 6 rings (SSSR count). The normalized spacial score (nSPS) is 15.8. The molecular weight excluding hydrogens is 421 g/mol. The van der Waals surface area contributed by atoms with Gasteiger partial charge in [0.1, 0.15) is 18.4 Å². The second-order valence-corrected chi connectivity index (χ2v) is 8.25. The summed E-state index contributed by atoms with van der Waals surface area (Å²) in [6, 6.07) is 20.8. The highest BCUT2D eigenvalue weighted by atomic mass is 19.1. The average molecular weight is 441 g/mol. The summed E-state index contributed by atoms with van der Waals surface area (Å²) in [6.45, 7) is 0.230. The Bertz CT molecular complexity index is 1580. The van der Waals surface area contributed by atoms with Gasteiger partial charge in [0.05, 0.1) is 5.52 Å². The molecule has 1 aliphatic rings. The number of nitrogens with one attached hydrogen (secondary N) is 1. The van der Waals surface area contributed by atoms with E-state index in [2.05, 4.69) is 4.98 Å². The summed E-state index contributed by atoms with van der Waals surface area (Å²) >= 11 is 0. The fraction of sp³-hybridized carbons (Fsp3) is 0.154. The van der Waals surface area contributed by atoms with Crippen LogP contribution in [0.5, 0.6) is 0 Å². The number of aromatic amines is 1. The zero-order valence-electron chi connectivity index (χ0n) is 17.6. The van der Waals surface area contributed by atoms with Gasteiger partial charge >= 0.3 is 5.76 Å². The van der Waals surface area contributed by atoms with Crippen molar-refractivity contribution >= 4 is 27.9 Å². The highest BCUT2D eigenvalue weighted by Crippen LogP contribution is 2.39. The number of para-hydroxylation sites is 3. The Labute approximate surface area is 187 Å². The van der Waals surface area contributed by atoms with Gasteiger partial charge in [0.15, 0.2) is 5.58 Å². The second kappa shape index (κ2) is 7.48. The summed E-state index contributed by atoms with van der Waals surface area (Å²) in [7, 11) is 0. The summed E-state index contributed by atoms with van der Waals surface area (Å²) in [5, 5.41) is 1.08. The fourth-order valence-electron chi connectivity index (χ4n) is 4.92. The number of halogens is 1. The zero-order chi connectivity index (χ0) is 22.5. The number of nitrogens with zero attached hydrogens (tertiary/aromatic N) is 2. The van der Waals surface area contributed by atoms with Crippen molar-refractivity contribution in [3.8, 4) is 0 Å². The van der Waals surface area contributed by atoms with Gasteiger partial charge in [-0.05, 0) is 36.2 Å². The van der Waals surface area contributed by atoms with Crippen molar-refractivity contribution in [3.63, 3.8) is 0 Å². The topological polar surface area (TPSA) is 71.2 Å². The lowest BCUT2D eigenvalue weighted by Crippen LogP contribution is -2.43. The van der Waals surface area contributed by atoms with E-state index in [1.807, 2.05) is 24.3 Å². The second-order valence-electron chi connectivity index (χ2n) is 8.25. The summed E-state index contributed by atoms with van der Waals surface area (Å²) in [5.41, 5.74) is 4.26. The molecule has 1 N–H and O–H groups in total. The zero-order valence-corrected chi connectivity index (χ0v) is 17.6. The van der Waals surface area contributed by atoms with Crippen molar-refractivity contribution in [3.05, 3.63) is 106 Å². The monoisotopic (exact) mass is 441 g/mol. The van der Waals surface area contributed by atoms with Crippen LogP contribution in [0.25, 0.3) is 22.0 Å². The molecule has 2 aromatic heterocycles. The first-order valence-corrected chi connectivity index (χ1v) is 10.8. The third-order valence-electron chi connectivity index (χ3n) is 6.42. The maximum Gasteiger partial charge on any atom is 0.420 e. The van der Waals surface area contributed by atoms with Gasteiger partial charge in [-0.15, -0.1) is 0 Å². The maximum absolute atomic E-state index is 15.0. The van der Waals surface area contributed by atoms with E-state index in [0.717, 1.165) is 22.2 Å². The van der Waals surface area contributed by atoms with Crippen molar-refractivity contribution < 1.29 is 13.6 Å². The van der Waals surface area contributed by atoms with E-state index < -0.39 is 11.8 Å². The lowest BCUT2D eigenvalue weighted by Gasteiger charge is -2.36. The molecule has 0 aliphatic carbocycles. The van der Waals surface area contributed by atoms with Gasteiger partial charge in [-0.1, -0.05) is 48.5 Å². The Kier molecular flexibility index (Phi) is 4.43. The standard InChI is InChI=1S/C26H20FN3O3/c27-19-9-3-1-8-18(19)25-24-17(16-7-2-4-10-20(16)28-24)13-14-29(25)23(31)15-30-21-11-5-6-12-22(21)33-26(30)32/h1-12,25,28H,13-15H2. The maximum atomic E-state index is 15.0. The van der Waals surface area contributed by atoms with Gasteiger partial charge in [0.2, 0.25) is 5.91 Å². The van der Waals surface area contributed by atoms with Crippen LogP contribution < -0.4 is 5.76 Å². The Morgan fingerprint density at radius 3 is 2.67 bits per heavy atom. The van der Waals surface area contributed by atoms with Crippen LogP contribution >= 0.6 is 0 Å². The molecule has 6 nitrogen and oxygen atoms in total. The van der Waals surface area contributed by atoms with Gasteiger partial charge in [-0.3, -0.25) is 9.36 Å². The first-order valence-electron chi connectivity index (χ1n) is 10.8. The van der Waals surface area contributed by atoms with Crippen LogP contribution in [0.15, 0.2) is 82.0 Å². The Morgan fingerprint density at radius 2 is 1.79 bits per heavy atom. The highest BCUT2D eigenvalue weighted by molar-refractivity contribution is 5.87. The number of carbonyl (C=O) groups excluding carboxylic acids is 1. The van der Waals surface area contributed by atoms with Crippen LogP contribution in [0, 0.1) is 5.82 Å². The van der Waals surface area contributed by atoms with Crippen LogP contribution in [0.4, 0.5) is 4.39 Å². The molecule has 164 valence electrons. The number of rotatable bonds is 3. The van der Waals surface area contributed by atoms with Crippen LogP contribution in [-0.2, 0) is 17.8 Å². The number of aromatic nitrogens is 2. The number of hydrogen-bond acceptors (Lipinski definition) is 3. The van der Waals surface area contributed by atoms with Gasteiger partial charge in [0.25, 0.3) is 0 Å². The SMILES string of the molecule is O=C(Cn1c(=O)oc2ccccc21)N1CCc2c([nH]c3ccccc23)C1c1ccccc1F. The molecule has 1 unspecified atom stereocenters. The van der Waals surface area contributed by atoms with Crippen LogP contribution in [0.1, 0.15) is 22.9 Å². The van der Waals surface area contributed by atoms with Crippen LogP contribution in [-0.4, -0.2) is 26.9 Å². The third kappa shape index (κ3) is 3.08. The highest BCUT2D eigenvalue weighted by Gasteiger charge is 2.36. The van der Waals surface area contributed by atoms with Crippen LogP contribution in [0.2, 0.25) is 0 Å². The predicted molar refractivity (Wildman–Crippen MR) is 122 cm³/mol. The van der Waals surface area contributed by atoms with Crippen molar-refractivity contribution in [1.82, 2.24) is 14.5 Å². The summed E-state index contributed by atoms with van der Waals surface area (Å²) in [5.74, 6) is -1.24. The quantitative estimate of drug-likeness (QED) is 0.451. The number of H-pyrrole nitrogens is 1. The van der Waals surface area contributed by atoms with Gasteiger partial charge in [0, 0.05) is 28.7 Å². The number of oxazole rings is 1. The Balaban J connectivity index is 1.46. The van der Waals surface area contributed by atoms with Gasteiger partial charge in [-0.25, -0.2) is 9.18 Å². The van der Waals surface area contributed by atoms with Gasteiger partial charge in [-0.2, -0.15) is 0 Å². The number of amides is 1. The van der Waals surface area contributed by atoms with E-state index in [4.69, 9.17) is 4.42 Å². The number of hydrogen-bond donors (Lipinski definition) is 1. The van der Waals surface area contributed by atoms with E-state index in [9.17, 15) is 14.0 Å². The molecule has 1 atom stereocenters. The largest absolute Gasteiger partial charge is 0.420 e. The minimum atomic E-state index is -0.622. The summed E-state index contributed by atoms with van der Waals surface area (Å²) in [6.07, 6.45) is 0.636. The molecule has 5 aromatic rings. The molecule has 0 saturated carbocycles. The van der Waals surface area contributed by atoms with Crippen molar-refractivity contribution in [2.45, 2.75) is 19.0 Å². The summed E-state index contributed by atoms with van der Waals surface area (Å²) < 4.78 is 21.6. The summed E-state index contributed by atoms with van der Waals surface area (Å²) in [4.78, 5) is 31.1. The number of benzene rings is 3. The molecule has 0 bridgehead atoms. The first-order chi connectivity index (χ1) is 16.1. The van der Waals surface area contributed by atoms with E-state index in [0.29, 0.717) is 29.6 Å². The van der Waals surface area contributed by atoms with E-state index in [-0.39, 0.29) is 18.3 Å². The number of fused-ring (bicyclic) bond motifs is 4. The lowest BCUT2D eigenvalue weighted by molar-refractivity contribution is -0.134.